The Morgan fingerprint density at radius 3 is 2.27 bits per heavy atom. The summed E-state index contributed by atoms with van der Waals surface area (Å²) < 4.78 is 4.72. The van der Waals surface area contributed by atoms with Crippen LogP contribution in [0.4, 0.5) is 0 Å². The third-order valence-corrected chi connectivity index (χ3v) is 1.96. The summed E-state index contributed by atoms with van der Waals surface area (Å²) in [5.74, 6) is 0. The molecule has 0 bridgehead atoms. The van der Waals surface area contributed by atoms with Gasteiger partial charge in [0.1, 0.15) is 0 Å². The van der Waals surface area contributed by atoms with E-state index in [0.717, 1.165) is 12.8 Å². The molecule has 68 valence electrons. The maximum Gasteiger partial charge on any atom is 0.187 e. The van der Waals surface area contributed by atoms with Crippen LogP contribution in [-0.2, 0) is 4.29 Å². The molecule has 1 atom stereocenters. The monoisotopic (exact) mass is 194 g/mol. The maximum absolute atomic E-state index is 5.25. The number of rotatable bonds is 6. The highest BCUT2D eigenvalue weighted by molar-refractivity contribution is 6.07. The van der Waals surface area contributed by atoms with E-state index in [0.29, 0.717) is 0 Å². The SMILES string of the molecule is CCCCCC(CC)OCl.[AlH3]. The zero-order valence-electron chi connectivity index (χ0n) is 6.90. The second-order valence-corrected chi connectivity index (χ2v) is 2.79. The molecule has 0 aromatic heterocycles. The number of halogens is 1. The average Bonchev–Trinajstić information content (AvgIpc) is 1.99. The molecular formula is C8H20AlClO. The minimum absolute atomic E-state index is 0. The van der Waals surface area contributed by atoms with E-state index in [2.05, 4.69) is 13.8 Å². The molecule has 0 N–H and O–H groups in total. The Morgan fingerprint density at radius 2 is 1.91 bits per heavy atom. The van der Waals surface area contributed by atoms with Crippen LogP contribution >= 0.6 is 11.9 Å². The molecule has 0 aliphatic carbocycles. The van der Waals surface area contributed by atoms with Crippen LogP contribution in [0.1, 0.15) is 46.0 Å². The van der Waals surface area contributed by atoms with Crippen LogP contribution in [0, 0.1) is 0 Å². The van der Waals surface area contributed by atoms with Gasteiger partial charge < -0.3 is 0 Å². The fourth-order valence-corrected chi connectivity index (χ4v) is 1.15. The highest BCUT2D eigenvalue weighted by atomic mass is 35.5. The smallest absolute Gasteiger partial charge is 0.187 e. The maximum atomic E-state index is 5.25. The Labute approximate surface area is 85.8 Å². The lowest BCUT2D eigenvalue weighted by Crippen LogP contribution is -2.05. The molecule has 1 unspecified atom stereocenters. The third kappa shape index (κ3) is 8.69. The van der Waals surface area contributed by atoms with Crippen LogP contribution in [-0.4, -0.2) is 23.5 Å². The van der Waals surface area contributed by atoms with Crippen molar-refractivity contribution in [3.8, 4) is 0 Å². The molecule has 0 amide bonds. The van der Waals surface area contributed by atoms with Crippen molar-refractivity contribution in [1.82, 2.24) is 0 Å². The fraction of sp³-hybridized carbons (Fsp3) is 1.00. The number of hydrogen-bond acceptors (Lipinski definition) is 1. The van der Waals surface area contributed by atoms with E-state index in [4.69, 9.17) is 16.2 Å². The van der Waals surface area contributed by atoms with Gasteiger partial charge in [-0.25, -0.2) is 0 Å². The third-order valence-electron chi connectivity index (χ3n) is 1.71. The van der Waals surface area contributed by atoms with E-state index >= 15 is 0 Å². The van der Waals surface area contributed by atoms with Crippen molar-refractivity contribution in [2.75, 3.05) is 0 Å². The van der Waals surface area contributed by atoms with Gasteiger partial charge >= 0.3 is 0 Å². The van der Waals surface area contributed by atoms with E-state index in [-0.39, 0.29) is 23.5 Å². The Bertz CT molecular complexity index is 67.1. The molecule has 0 aromatic carbocycles. The van der Waals surface area contributed by atoms with E-state index in [1.807, 2.05) is 0 Å². The molecule has 0 saturated carbocycles. The molecule has 0 heterocycles. The van der Waals surface area contributed by atoms with E-state index in [1.165, 1.54) is 19.3 Å². The zero-order chi connectivity index (χ0) is 7.82. The lowest BCUT2D eigenvalue weighted by molar-refractivity contribution is 0.202. The quantitative estimate of drug-likeness (QED) is 0.466. The standard InChI is InChI=1S/C8H17ClO.Al.3H/c1-3-5-6-7-8(4-2)10-9;;;;/h8H,3-7H2,1-2H3;;;;. The van der Waals surface area contributed by atoms with Crippen molar-refractivity contribution in [2.45, 2.75) is 52.1 Å². The van der Waals surface area contributed by atoms with Crippen LogP contribution in [0.3, 0.4) is 0 Å². The molecule has 0 aliphatic rings. The van der Waals surface area contributed by atoms with Crippen molar-refractivity contribution in [1.29, 1.82) is 0 Å². The summed E-state index contributed by atoms with van der Waals surface area (Å²) in [4.78, 5) is 0. The Hall–Kier alpha value is 0.782. The molecule has 0 saturated heterocycles. The fourth-order valence-electron chi connectivity index (χ4n) is 0.934. The van der Waals surface area contributed by atoms with Gasteiger partial charge in [0.2, 0.25) is 0 Å². The van der Waals surface area contributed by atoms with Crippen LogP contribution in [0.15, 0.2) is 0 Å². The summed E-state index contributed by atoms with van der Waals surface area (Å²) in [6.45, 7) is 4.29. The lowest BCUT2D eigenvalue weighted by atomic mass is 10.1. The minimum Gasteiger partial charge on any atom is -0.276 e. The number of hydrogen-bond donors (Lipinski definition) is 0. The van der Waals surface area contributed by atoms with Gasteiger partial charge in [0.15, 0.2) is 17.4 Å². The van der Waals surface area contributed by atoms with E-state index in [9.17, 15) is 0 Å². The molecule has 0 aromatic rings. The highest BCUT2D eigenvalue weighted by Crippen LogP contribution is 2.10. The summed E-state index contributed by atoms with van der Waals surface area (Å²) in [7, 11) is 0. The van der Waals surface area contributed by atoms with Crippen molar-refractivity contribution in [2.24, 2.45) is 0 Å². The molecule has 0 aliphatic heterocycles. The summed E-state index contributed by atoms with van der Waals surface area (Å²) in [6.07, 6.45) is 6.19. The Morgan fingerprint density at radius 1 is 1.27 bits per heavy atom. The van der Waals surface area contributed by atoms with Crippen molar-refractivity contribution in [3.63, 3.8) is 0 Å². The van der Waals surface area contributed by atoms with Gasteiger partial charge in [-0.15, -0.1) is 0 Å². The second kappa shape index (κ2) is 10.8. The first kappa shape index (κ1) is 14.3. The van der Waals surface area contributed by atoms with Gasteiger partial charge in [-0.1, -0.05) is 33.1 Å². The molecular weight excluding hydrogens is 175 g/mol. The normalized spacial score (nSPS) is 12.3. The number of unbranched alkanes of at least 4 members (excludes halogenated alkanes) is 2. The highest BCUT2D eigenvalue weighted by Gasteiger charge is 2.03. The van der Waals surface area contributed by atoms with Crippen molar-refractivity contribution >= 4 is 29.2 Å². The zero-order valence-corrected chi connectivity index (χ0v) is 7.66. The summed E-state index contributed by atoms with van der Waals surface area (Å²) >= 11 is 5.25. The summed E-state index contributed by atoms with van der Waals surface area (Å²) in [5.41, 5.74) is 0. The van der Waals surface area contributed by atoms with Gasteiger partial charge in [-0.2, -0.15) is 0 Å². The summed E-state index contributed by atoms with van der Waals surface area (Å²) in [5, 5.41) is 0. The first-order valence-electron chi connectivity index (χ1n) is 4.12. The van der Waals surface area contributed by atoms with Crippen LogP contribution < -0.4 is 0 Å². The predicted molar refractivity (Wildman–Crippen MR) is 55.1 cm³/mol. The molecule has 11 heavy (non-hydrogen) atoms. The van der Waals surface area contributed by atoms with Crippen LogP contribution in [0.5, 0.6) is 0 Å². The Kier molecular flexibility index (Phi) is 14.0. The van der Waals surface area contributed by atoms with Gasteiger partial charge in [0.05, 0.1) is 18.0 Å². The van der Waals surface area contributed by atoms with Gasteiger partial charge in [-0.05, 0) is 12.8 Å². The summed E-state index contributed by atoms with van der Waals surface area (Å²) in [6, 6.07) is 0. The molecule has 0 spiro atoms. The minimum atomic E-state index is 0. The van der Waals surface area contributed by atoms with Gasteiger partial charge in [0.25, 0.3) is 0 Å². The average molecular weight is 195 g/mol. The van der Waals surface area contributed by atoms with Gasteiger partial charge in [0, 0.05) is 0 Å². The molecule has 0 fully saturated rings. The Balaban J connectivity index is 0. The van der Waals surface area contributed by atoms with Gasteiger partial charge in [-0.3, -0.25) is 4.29 Å². The van der Waals surface area contributed by atoms with Crippen molar-refractivity contribution in [3.05, 3.63) is 0 Å². The second-order valence-electron chi connectivity index (χ2n) is 2.62. The largest absolute Gasteiger partial charge is 0.276 e. The van der Waals surface area contributed by atoms with E-state index < -0.39 is 0 Å². The molecule has 1 nitrogen and oxygen atoms in total. The first-order chi connectivity index (χ1) is 4.85. The predicted octanol–water partition coefficient (Wildman–Crippen LogP) is 2.33. The molecule has 0 rings (SSSR count). The topological polar surface area (TPSA) is 9.23 Å². The van der Waals surface area contributed by atoms with Crippen molar-refractivity contribution < 1.29 is 4.29 Å². The molecule has 0 radical (unpaired) electrons. The first-order valence-corrected chi connectivity index (χ1v) is 4.43. The molecule has 3 heteroatoms. The van der Waals surface area contributed by atoms with Crippen LogP contribution in [0.25, 0.3) is 0 Å². The lowest BCUT2D eigenvalue weighted by Gasteiger charge is -2.08. The van der Waals surface area contributed by atoms with Crippen LogP contribution in [0.2, 0.25) is 0 Å². The van der Waals surface area contributed by atoms with E-state index in [1.54, 1.807) is 0 Å².